The molecule has 3 aromatic rings. The van der Waals surface area contributed by atoms with Crippen LogP contribution in [-0.2, 0) is 0 Å². The monoisotopic (exact) mass is 376 g/mol. The van der Waals surface area contributed by atoms with Crippen LogP contribution < -0.4 is 0 Å². The number of carbonyl (C=O) groups is 1. The van der Waals surface area contributed by atoms with Gasteiger partial charge in [-0.15, -0.1) is 0 Å². The van der Waals surface area contributed by atoms with Gasteiger partial charge in [0.1, 0.15) is 17.0 Å². The van der Waals surface area contributed by atoms with E-state index in [0.29, 0.717) is 5.69 Å². The largest absolute Gasteiger partial charge is 0.337 e. The molecule has 1 aromatic carbocycles. The van der Waals surface area contributed by atoms with Crippen LogP contribution in [0.5, 0.6) is 0 Å². The number of pyridine rings is 1. The van der Waals surface area contributed by atoms with Gasteiger partial charge in [-0.25, -0.2) is 4.98 Å². The zero-order chi connectivity index (χ0) is 19.8. The number of benzene rings is 1. The molecule has 1 amide bonds. The van der Waals surface area contributed by atoms with Gasteiger partial charge in [0, 0.05) is 24.8 Å². The summed E-state index contributed by atoms with van der Waals surface area (Å²) in [5.74, 6) is 0.0447. The molecular formula is C23H28N4O. The molecule has 0 N–H and O–H groups in total. The minimum absolute atomic E-state index is 0.0447. The van der Waals surface area contributed by atoms with Gasteiger partial charge in [0.05, 0.1) is 0 Å². The fourth-order valence-corrected chi connectivity index (χ4v) is 3.98. The number of hydrogen-bond donors (Lipinski definition) is 0. The summed E-state index contributed by atoms with van der Waals surface area (Å²) in [6.45, 7) is 6.16. The molecule has 0 saturated carbocycles. The van der Waals surface area contributed by atoms with Crippen LogP contribution in [0.1, 0.15) is 34.5 Å². The normalized spacial score (nSPS) is 15.9. The van der Waals surface area contributed by atoms with E-state index in [-0.39, 0.29) is 11.9 Å². The highest BCUT2D eigenvalue weighted by Gasteiger charge is 2.29. The van der Waals surface area contributed by atoms with E-state index in [0.717, 1.165) is 48.4 Å². The maximum atomic E-state index is 13.6. The lowest BCUT2D eigenvalue weighted by atomic mass is 10.0. The Morgan fingerprint density at radius 1 is 1.04 bits per heavy atom. The number of hydrogen-bond acceptors (Lipinski definition) is 3. The second-order valence-corrected chi connectivity index (χ2v) is 8.06. The van der Waals surface area contributed by atoms with Crippen molar-refractivity contribution in [1.29, 1.82) is 0 Å². The lowest BCUT2D eigenvalue weighted by molar-refractivity contribution is 0.0653. The average molecular weight is 377 g/mol. The second-order valence-electron chi connectivity index (χ2n) is 8.06. The molecule has 0 spiro atoms. The van der Waals surface area contributed by atoms with Gasteiger partial charge in [0.2, 0.25) is 0 Å². The van der Waals surface area contributed by atoms with Crippen molar-refractivity contribution < 1.29 is 4.79 Å². The van der Waals surface area contributed by atoms with Crippen LogP contribution in [0.25, 0.3) is 16.9 Å². The quantitative estimate of drug-likeness (QED) is 0.698. The topological polar surface area (TPSA) is 40.9 Å². The number of fused-ring (bicyclic) bond motifs is 1. The molecule has 1 fully saturated rings. The molecule has 0 radical (unpaired) electrons. The van der Waals surface area contributed by atoms with Crippen molar-refractivity contribution in [2.75, 3.05) is 27.2 Å². The first-order valence-corrected chi connectivity index (χ1v) is 9.95. The van der Waals surface area contributed by atoms with E-state index in [4.69, 9.17) is 4.98 Å². The molecule has 5 heteroatoms. The third kappa shape index (κ3) is 3.42. The van der Waals surface area contributed by atoms with Gasteiger partial charge in [-0.2, -0.15) is 0 Å². The fraction of sp³-hybridized carbons (Fsp3) is 0.391. The van der Waals surface area contributed by atoms with Crippen LogP contribution in [0.2, 0.25) is 0 Å². The zero-order valence-electron chi connectivity index (χ0n) is 17.1. The van der Waals surface area contributed by atoms with Crippen molar-refractivity contribution in [2.45, 2.75) is 32.7 Å². The van der Waals surface area contributed by atoms with Crippen molar-refractivity contribution in [2.24, 2.45) is 0 Å². The summed E-state index contributed by atoms with van der Waals surface area (Å²) in [7, 11) is 4.08. The van der Waals surface area contributed by atoms with Crippen LogP contribution >= 0.6 is 0 Å². The number of piperidine rings is 1. The first kappa shape index (κ1) is 18.7. The van der Waals surface area contributed by atoms with Crippen LogP contribution in [0.3, 0.4) is 0 Å². The summed E-state index contributed by atoms with van der Waals surface area (Å²) >= 11 is 0. The van der Waals surface area contributed by atoms with Crippen LogP contribution in [0, 0.1) is 13.8 Å². The molecule has 0 bridgehead atoms. The molecule has 1 aliphatic heterocycles. The van der Waals surface area contributed by atoms with E-state index < -0.39 is 0 Å². The smallest absolute Gasteiger partial charge is 0.273 e. The number of aryl methyl sites for hydroxylation is 2. The van der Waals surface area contributed by atoms with E-state index >= 15 is 0 Å². The molecule has 2 aromatic heterocycles. The Labute approximate surface area is 166 Å². The van der Waals surface area contributed by atoms with E-state index in [9.17, 15) is 4.79 Å². The molecule has 0 unspecified atom stereocenters. The van der Waals surface area contributed by atoms with Crippen molar-refractivity contribution >= 4 is 11.6 Å². The number of amides is 1. The predicted molar refractivity (Wildman–Crippen MR) is 113 cm³/mol. The van der Waals surface area contributed by atoms with Crippen LogP contribution in [0.4, 0.5) is 0 Å². The maximum absolute atomic E-state index is 13.6. The standard InChI is InChI=1S/C23H28N4O/c1-16-5-8-18(9-6-16)21-22(27-15-17(2)7-10-20(27)24-21)23(28)26(4)19-11-13-25(3)14-12-19/h5-10,15,19H,11-14H2,1-4H3. The summed E-state index contributed by atoms with van der Waals surface area (Å²) in [5.41, 5.74) is 5.50. The predicted octanol–water partition coefficient (Wildman–Crippen LogP) is 3.78. The maximum Gasteiger partial charge on any atom is 0.273 e. The molecule has 28 heavy (non-hydrogen) atoms. The first-order chi connectivity index (χ1) is 13.4. The third-order valence-corrected chi connectivity index (χ3v) is 5.85. The number of nitrogens with zero attached hydrogens (tertiary/aromatic N) is 4. The molecule has 4 rings (SSSR count). The number of rotatable bonds is 3. The molecule has 5 nitrogen and oxygen atoms in total. The Morgan fingerprint density at radius 3 is 2.36 bits per heavy atom. The summed E-state index contributed by atoms with van der Waals surface area (Å²) < 4.78 is 1.96. The van der Waals surface area contributed by atoms with Gasteiger partial charge in [-0.1, -0.05) is 35.9 Å². The number of imidazole rings is 1. The van der Waals surface area contributed by atoms with E-state index in [1.165, 1.54) is 5.56 Å². The lowest BCUT2D eigenvalue weighted by Gasteiger charge is -2.35. The molecule has 0 atom stereocenters. The van der Waals surface area contributed by atoms with E-state index in [2.05, 4.69) is 43.1 Å². The molecular weight excluding hydrogens is 348 g/mol. The van der Waals surface area contributed by atoms with Gasteiger partial charge < -0.3 is 9.80 Å². The molecule has 1 aliphatic rings. The SMILES string of the molecule is Cc1ccc(-c2nc3ccc(C)cn3c2C(=O)N(C)C2CCN(C)CC2)cc1. The third-order valence-electron chi connectivity index (χ3n) is 5.85. The van der Waals surface area contributed by atoms with Gasteiger partial charge >= 0.3 is 0 Å². The highest BCUT2D eigenvalue weighted by atomic mass is 16.2. The van der Waals surface area contributed by atoms with Gasteiger partial charge in [0.25, 0.3) is 5.91 Å². The van der Waals surface area contributed by atoms with Gasteiger partial charge in [-0.3, -0.25) is 9.20 Å². The van der Waals surface area contributed by atoms with E-state index in [1.54, 1.807) is 0 Å². The van der Waals surface area contributed by atoms with E-state index in [1.807, 2.05) is 41.6 Å². The Morgan fingerprint density at radius 2 is 1.68 bits per heavy atom. The van der Waals surface area contributed by atoms with Crippen molar-refractivity contribution in [1.82, 2.24) is 19.2 Å². The lowest BCUT2D eigenvalue weighted by Crippen LogP contribution is -2.44. The summed E-state index contributed by atoms with van der Waals surface area (Å²) in [5, 5.41) is 0. The molecule has 1 saturated heterocycles. The minimum atomic E-state index is 0.0447. The second kappa shape index (κ2) is 7.40. The number of carbonyl (C=O) groups excluding carboxylic acids is 1. The molecule has 0 aliphatic carbocycles. The van der Waals surface area contributed by atoms with Crippen molar-refractivity contribution in [3.05, 3.63) is 59.4 Å². The number of likely N-dealkylation sites (tertiary alicyclic amines) is 1. The zero-order valence-corrected chi connectivity index (χ0v) is 17.1. The van der Waals surface area contributed by atoms with Gasteiger partial charge in [0.15, 0.2) is 0 Å². The Bertz CT molecular complexity index is 997. The first-order valence-electron chi connectivity index (χ1n) is 9.95. The number of aromatic nitrogens is 2. The summed E-state index contributed by atoms with van der Waals surface area (Å²) in [4.78, 5) is 22.7. The Hall–Kier alpha value is -2.66. The van der Waals surface area contributed by atoms with Gasteiger partial charge in [-0.05, 0) is 58.5 Å². The highest BCUT2D eigenvalue weighted by molar-refractivity contribution is 5.99. The van der Waals surface area contributed by atoms with Crippen LogP contribution in [-0.4, -0.2) is 58.3 Å². The highest BCUT2D eigenvalue weighted by Crippen LogP contribution is 2.27. The molecule has 3 heterocycles. The van der Waals surface area contributed by atoms with Crippen LogP contribution in [0.15, 0.2) is 42.6 Å². The van der Waals surface area contributed by atoms with Crippen molar-refractivity contribution in [3.63, 3.8) is 0 Å². The van der Waals surface area contributed by atoms with Crippen molar-refractivity contribution in [3.8, 4) is 11.3 Å². The molecule has 146 valence electrons. The Kier molecular flexibility index (Phi) is 4.94. The summed E-state index contributed by atoms with van der Waals surface area (Å²) in [6, 6.07) is 12.5. The Balaban J connectivity index is 1.79. The fourth-order valence-electron chi connectivity index (χ4n) is 3.98. The summed E-state index contributed by atoms with van der Waals surface area (Å²) in [6.07, 6.45) is 4.03. The minimum Gasteiger partial charge on any atom is -0.337 e. The average Bonchev–Trinajstić information content (AvgIpc) is 3.06.